The summed E-state index contributed by atoms with van der Waals surface area (Å²) in [6.07, 6.45) is 1.45. The third kappa shape index (κ3) is 3.40. The van der Waals surface area contributed by atoms with Crippen molar-refractivity contribution in [2.24, 2.45) is 0 Å². The van der Waals surface area contributed by atoms with Crippen LogP contribution in [0.4, 0.5) is 4.39 Å². The number of hydrogen-bond acceptors (Lipinski definition) is 6. The molecule has 3 aromatic heterocycles. The maximum atomic E-state index is 13.0. The highest BCUT2D eigenvalue weighted by molar-refractivity contribution is 7.15. The predicted octanol–water partition coefficient (Wildman–Crippen LogP) is 4.13. The number of aromatic nitrogens is 2. The van der Waals surface area contributed by atoms with E-state index in [1.165, 1.54) is 29.7 Å². The SMILES string of the molecule is O=C(NCc1ccc(-c2nc(-c3ccc(F)cc3)no2)s1)c1ccco1. The lowest BCUT2D eigenvalue weighted by atomic mass is 10.2. The van der Waals surface area contributed by atoms with Crippen molar-refractivity contribution in [1.29, 1.82) is 0 Å². The van der Waals surface area contributed by atoms with Gasteiger partial charge in [0.05, 0.1) is 17.7 Å². The van der Waals surface area contributed by atoms with Crippen LogP contribution in [0.5, 0.6) is 0 Å². The summed E-state index contributed by atoms with van der Waals surface area (Å²) in [5, 5.41) is 6.70. The molecule has 1 amide bonds. The summed E-state index contributed by atoms with van der Waals surface area (Å²) < 4.78 is 23.3. The van der Waals surface area contributed by atoms with Crippen molar-refractivity contribution < 1.29 is 18.1 Å². The zero-order chi connectivity index (χ0) is 17.9. The number of halogens is 1. The van der Waals surface area contributed by atoms with Gasteiger partial charge in [-0.2, -0.15) is 4.98 Å². The van der Waals surface area contributed by atoms with Crippen LogP contribution in [-0.4, -0.2) is 16.0 Å². The van der Waals surface area contributed by atoms with Crippen LogP contribution in [0.1, 0.15) is 15.4 Å². The summed E-state index contributed by atoms with van der Waals surface area (Å²) in [5.41, 5.74) is 0.670. The van der Waals surface area contributed by atoms with Crippen LogP contribution >= 0.6 is 11.3 Å². The van der Waals surface area contributed by atoms with Crippen molar-refractivity contribution in [1.82, 2.24) is 15.5 Å². The van der Waals surface area contributed by atoms with Gasteiger partial charge in [0.15, 0.2) is 5.76 Å². The highest BCUT2D eigenvalue weighted by Gasteiger charge is 2.14. The molecule has 0 fully saturated rings. The van der Waals surface area contributed by atoms with E-state index in [1.807, 2.05) is 12.1 Å². The van der Waals surface area contributed by atoms with Gasteiger partial charge in [0, 0.05) is 10.4 Å². The van der Waals surface area contributed by atoms with Crippen molar-refractivity contribution in [3.8, 4) is 22.2 Å². The number of nitrogens with one attached hydrogen (secondary N) is 1. The molecule has 0 spiro atoms. The van der Waals surface area contributed by atoms with E-state index >= 15 is 0 Å². The monoisotopic (exact) mass is 369 g/mol. The Bertz CT molecular complexity index is 1020. The Hall–Kier alpha value is -3.26. The molecule has 4 aromatic rings. The molecule has 8 heteroatoms. The standard InChI is InChI=1S/C18H12FN3O3S/c19-12-5-3-11(4-6-12)16-21-18(25-22-16)15-8-7-13(26-15)10-20-17(23)14-2-1-9-24-14/h1-9H,10H2,(H,20,23). The molecule has 0 saturated heterocycles. The maximum Gasteiger partial charge on any atom is 0.287 e. The van der Waals surface area contributed by atoms with Gasteiger partial charge < -0.3 is 14.3 Å². The highest BCUT2D eigenvalue weighted by atomic mass is 32.1. The summed E-state index contributed by atoms with van der Waals surface area (Å²) >= 11 is 1.43. The third-order valence-corrected chi connectivity index (χ3v) is 4.64. The van der Waals surface area contributed by atoms with Gasteiger partial charge in [0.2, 0.25) is 5.82 Å². The Morgan fingerprint density at radius 1 is 1.15 bits per heavy atom. The molecule has 4 rings (SSSR count). The number of carbonyl (C=O) groups excluding carboxylic acids is 1. The van der Waals surface area contributed by atoms with Gasteiger partial charge in [-0.25, -0.2) is 4.39 Å². The number of nitrogens with zero attached hydrogens (tertiary/aromatic N) is 2. The van der Waals surface area contributed by atoms with E-state index in [9.17, 15) is 9.18 Å². The average molecular weight is 369 g/mol. The highest BCUT2D eigenvalue weighted by Crippen LogP contribution is 2.28. The lowest BCUT2D eigenvalue weighted by molar-refractivity contribution is 0.0923. The zero-order valence-electron chi connectivity index (χ0n) is 13.3. The second kappa shape index (κ2) is 6.93. The van der Waals surface area contributed by atoms with Gasteiger partial charge in [-0.3, -0.25) is 4.79 Å². The summed E-state index contributed by atoms with van der Waals surface area (Å²) in [5.74, 6) is 0.430. The van der Waals surface area contributed by atoms with E-state index in [1.54, 1.807) is 24.3 Å². The van der Waals surface area contributed by atoms with Gasteiger partial charge in [0.1, 0.15) is 5.82 Å². The molecule has 0 radical (unpaired) electrons. The normalized spacial score (nSPS) is 10.8. The molecule has 1 N–H and O–H groups in total. The smallest absolute Gasteiger partial charge is 0.287 e. The van der Waals surface area contributed by atoms with Crippen LogP contribution in [0.2, 0.25) is 0 Å². The van der Waals surface area contributed by atoms with Crippen LogP contribution in [0.25, 0.3) is 22.2 Å². The quantitative estimate of drug-likeness (QED) is 0.572. The minimum Gasteiger partial charge on any atom is -0.459 e. The maximum absolute atomic E-state index is 13.0. The molecule has 1 aromatic carbocycles. The van der Waals surface area contributed by atoms with E-state index in [4.69, 9.17) is 8.94 Å². The molecule has 6 nitrogen and oxygen atoms in total. The Labute approximate surface area is 151 Å². The van der Waals surface area contributed by atoms with Crippen molar-refractivity contribution >= 4 is 17.2 Å². The van der Waals surface area contributed by atoms with E-state index in [0.29, 0.717) is 23.8 Å². The molecule has 0 unspecified atom stereocenters. The van der Waals surface area contributed by atoms with Crippen LogP contribution < -0.4 is 5.32 Å². The summed E-state index contributed by atoms with van der Waals surface area (Å²) in [6, 6.07) is 12.9. The Kier molecular flexibility index (Phi) is 4.32. The van der Waals surface area contributed by atoms with Crippen LogP contribution in [0.3, 0.4) is 0 Å². The molecule has 0 saturated carbocycles. The molecule has 0 aliphatic carbocycles. The second-order valence-electron chi connectivity index (χ2n) is 5.36. The number of carbonyl (C=O) groups is 1. The van der Waals surface area contributed by atoms with Crippen molar-refractivity contribution in [2.75, 3.05) is 0 Å². The first kappa shape index (κ1) is 16.2. The van der Waals surface area contributed by atoms with Crippen LogP contribution in [0, 0.1) is 5.82 Å². The van der Waals surface area contributed by atoms with E-state index < -0.39 is 0 Å². The number of furan rings is 1. The van der Waals surface area contributed by atoms with E-state index in [0.717, 1.165) is 9.75 Å². The fraction of sp³-hybridized carbons (Fsp3) is 0.0556. The first-order valence-electron chi connectivity index (χ1n) is 7.69. The summed E-state index contributed by atoms with van der Waals surface area (Å²) in [4.78, 5) is 17.9. The first-order valence-corrected chi connectivity index (χ1v) is 8.51. The van der Waals surface area contributed by atoms with E-state index in [-0.39, 0.29) is 17.5 Å². The molecule has 0 atom stereocenters. The first-order chi connectivity index (χ1) is 12.7. The number of rotatable bonds is 5. The predicted molar refractivity (Wildman–Crippen MR) is 92.9 cm³/mol. The average Bonchev–Trinajstić information content (AvgIpc) is 3.41. The van der Waals surface area contributed by atoms with Crippen molar-refractivity contribution in [3.05, 3.63) is 71.2 Å². The third-order valence-electron chi connectivity index (χ3n) is 3.57. The number of thiophene rings is 1. The molecule has 0 bridgehead atoms. The molecule has 130 valence electrons. The molecule has 26 heavy (non-hydrogen) atoms. The molecular weight excluding hydrogens is 357 g/mol. The fourth-order valence-corrected chi connectivity index (χ4v) is 3.16. The Balaban J connectivity index is 1.45. The van der Waals surface area contributed by atoms with Crippen LogP contribution in [-0.2, 0) is 6.54 Å². The fourth-order valence-electron chi connectivity index (χ4n) is 2.29. The Morgan fingerprint density at radius 3 is 2.77 bits per heavy atom. The van der Waals surface area contributed by atoms with Gasteiger partial charge in [-0.15, -0.1) is 11.3 Å². The topological polar surface area (TPSA) is 81.2 Å². The second-order valence-corrected chi connectivity index (χ2v) is 6.52. The van der Waals surface area contributed by atoms with E-state index in [2.05, 4.69) is 15.5 Å². The largest absolute Gasteiger partial charge is 0.459 e. The summed E-state index contributed by atoms with van der Waals surface area (Å²) in [6.45, 7) is 0.364. The minimum atomic E-state index is -0.322. The van der Waals surface area contributed by atoms with Crippen molar-refractivity contribution in [2.45, 2.75) is 6.54 Å². The number of amides is 1. The molecule has 0 aliphatic rings. The number of benzene rings is 1. The molecular formula is C18H12FN3O3S. The Morgan fingerprint density at radius 2 is 2.00 bits per heavy atom. The number of hydrogen-bond donors (Lipinski definition) is 1. The van der Waals surface area contributed by atoms with Gasteiger partial charge >= 0.3 is 0 Å². The summed E-state index contributed by atoms with van der Waals surface area (Å²) in [7, 11) is 0. The van der Waals surface area contributed by atoms with Gasteiger partial charge in [-0.05, 0) is 48.5 Å². The minimum absolute atomic E-state index is 0.266. The van der Waals surface area contributed by atoms with Gasteiger partial charge in [0.25, 0.3) is 11.8 Å². The van der Waals surface area contributed by atoms with Crippen molar-refractivity contribution in [3.63, 3.8) is 0 Å². The lowest BCUT2D eigenvalue weighted by Crippen LogP contribution is -2.21. The molecule has 0 aliphatic heterocycles. The zero-order valence-corrected chi connectivity index (χ0v) is 14.1. The van der Waals surface area contributed by atoms with Crippen LogP contribution in [0.15, 0.2) is 63.7 Å². The molecule has 3 heterocycles. The lowest BCUT2D eigenvalue weighted by Gasteiger charge is -1.99. The van der Waals surface area contributed by atoms with Gasteiger partial charge in [-0.1, -0.05) is 5.16 Å².